The van der Waals surface area contributed by atoms with Crippen LogP contribution in [0.15, 0.2) is 66.9 Å². The third kappa shape index (κ3) is 3.78. The summed E-state index contributed by atoms with van der Waals surface area (Å²) in [6, 6.07) is 20.1. The number of amides is 1. The molecule has 0 saturated carbocycles. The minimum absolute atomic E-state index is 0.0237. The molecular weight excluding hydrogens is 336 g/mol. The zero-order chi connectivity index (χ0) is 18.6. The second-order valence-electron chi connectivity index (χ2n) is 7.07. The van der Waals surface area contributed by atoms with Crippen molar-refractivity contribution in [3.05, 3.63) is 72.4 Å². The van der Waals surface area contributed by atoms with E-state index in [2.05, 4.69) is 10.6 Å². The highest BCUT2D eigenvalue weighted by atomic mass is 16.1. The molecule has 5 heteroatoms. The highest BCUT2D eigenvalue weighted by Gasteiger charge is 2.28. The van der Waals surface area contributed by atoms with Gasteiger partial charge >= 0.3 is 0 Å². The van der Waals surface area contributed by atoms with Gasteiger partial charge < -0.3 is 10.6 Å². The van der Waals surface area contributed by atoms with Crippen LogP contribution < -0.4 is 10.6 Å². The monoisotopic (exact) mass is 360 g/mol. The van der Waals surface area contributed by atoms with Crippen molar-refractivity contribution in [2.75, 3.05) is 13.1 Å². The predicted molar refractivity (Wildman–Crippen MR) is 106 cm³/mol. The van der Waals surface area contributed by atoms with Gasteiger partial charge in [0.15, 0.2) is 0 Å². The summed E-state index contributed by atoms with van der Waals surface area (Å²) in [5, 5.41) is 11.1. The summed E-state index contributed by atoms with van der Waals surface area (Å²) >= 11 is 0. The Morgan fingerprint density at radius 3 is 2.44 bits per heavy atom. The molecule has 2 N–H and O–H groups in total. The number of benzene rings is 2. The zero-order valence-corrected chi connectivity index (χ0v) is 15.4. The van der Waals surface area contributed by atoms with Crippen LogP contribution >= 0.6 is 0 Å². The maximum atomic E-state index is 12.5. The lowest BCUT2D eigenvalue weighted by Crippen LogP contribution is -2.49. The Kier molecular flexibility index (Phi) is 5.03. The molecular formula is C22H24N4O. The molecule has 138 valence electrons. The topological polar surface area (TPSA) is 59.0 Å². The molecule has 1 aliphatic rings. The smallest absolute Gasteiger partial charge is 0.223 e. The molecule has 1 saturated heterocycles. The first-order valence-electron chi connectivity index (χ1n) is 9.40. The lowest BCUT2D eigenvalue weighted by atomic mass is 9.88. The third-order valence-electron chi connectivity index (χ3n) is 5.24. The van der Waals surface area contributed by atoms with E-state index in [0.717, 1.165) is 35.6 Å². The molecule has 0 aliphatic carbocycles. The first-order valence-corrected chi connectivity index (χ1v) is 9.40. The molecule has 2 heterocycles. The van der Waals surface area contributed by atoms with E-state index in [4.69, 9.17) is 5.10 Å². The van der Waals surface area contributed by atoms with Crippen LogP contribution in [0.3, 0.4) is 0 Å². The van der Waals surface area contributed by atoms with Crippen LogP contribution in [0.2, 0.25) is 0 Å². The molecule has 1 fully saturated rings. The van der Waals surface area contributed by atoms with Gasteiger partial charge in [-0.1, -0.05) is 55.5 Å². The Morgan fingerprint density at radius 2 is 1.81 bits per heavy atom. The van der Waals surface area contributed by atoms with Gasteiger partial charge in [0.2, 0.25) is 5.91 Å². The Bertz CT molecular complexity index is 901. The highest BCUT2D eigenvalue weighted by Crippen LogP contribution is 2.24. The molecule has 27 heavy (non-hydrogen) atoms. The maximum Gasteiger partial charge on any atom is 0.223 e. The summed E-state index contributed by atoms with van der Waals surface area (Å²) in [5.74, 6) is 0.564. The van der Waals surface area contributed by atoms with Gasteiger partial charge in [0.1, 0.15) is 0 Å². The average molecular weight is 360 g/mol. The van der Waals surface area contributed by atoms with Gasteiger partial charge in [-0.3, -0.25) is 4.79 Å². The van der Waals surface area contributed by atoms with Gasteiger partial charge in [-0.15, -0.1) is 0 Å². The van der Waals surface area contributed by atoms with Crippen molar-refractivity contribution in [3.63, 3.8) is 0 Å². The number of para-hydroxylation sites is 1. The molecule has 0 radical (unpaired) electrons. The third-order valence-corrected chi connectivity index (χ3v) is 5.24. The SMILES string of the molecule is CC(C(=O)NCc1cn(-c2ccccc2)nc1-c1ccccc1)C1CNC1. The van der Waals surface area contributed by atoms with E-state index >= 15 is 0 Å². The van der Waals surface area contributed by atoms with Crippen LogP contribution in [0.5, 0.6) is 0 Å². The van der Waals surface area contributed by atoms with E-state index in [1.54, 1.807) is 0 Å². The summed E-state index contributed by atoms with van der Waals surface area (Å²) in [4.78, 5) is 12.5. The first kappa shape index (κ1) is 17.5. The van der Waals surface area contributed by atoms with Gasteiger partial charge in [-0.2, -0.15) is 5.10 Å². The fourth-order valence-corrected chi connectivity index (χ4v) is 3.31. The Morgan fingerprint density at radius 1 is 1.15 bits per heavy atom. The number of rotatable bonds is 6. The first-order chi connectivity index (χ1) is 13.2. The number of hydrogen-bond donors (Lipinski definition) is 2. The summed E-state index contributed by atoms with van der Waals surface area (Å²) in [6.45, 7) is 4.33. The lowest BCUT2D eigenvalue weighted by molar-refractivity contribution is -0.126. The number of hydrogen-bond acceptors (Lipinski definition) is 3. The predicted octanol–water partition coefficient (Wildman–Crippen LogP) is 3.01. The number of carbonyl (C=O) groups excluding carboxylic acids is 1. The normalized spacial score (nSPS) is 15.1. The summed E-state index contributed by atoms with van der Waals surface area (Å²) in [6.07, 6.45) is 2.01. The van der Waals surface area contributed by atoms with Crippen molar-refractivity contribution in [1.82, 2.24) is 20.4 Å². The minimum atomic E-state index is 0.0237. The van der Waals surface area contributed by atoms with E-state index in [9.17, 15) is 4.79 Å². The number of carbonyl (C=O) groups is 1. The van der Waals surface area contributed by atoms with Crippen LogP contribution in [0.4, 0.5) is 0 Å². The van der Waals surface area contributed by atoms with Crippen molar-refractivity contribution < 1.29 is 4.79 Å². The summed E-state index contributed by atoms with van der Waals surface area (Å²) in [5.41, 5.74) is 3.96. The molecule has 4 rings (SSSR count). The molecule has 0 spiro atoms. The van der Waals surface area contributed by atoms with E-state index in [0.29, 0.717) is 12.5 Å². The molecule has 5 nitrogen and oxygen atoms in total. The summed E-state index contributed by atoms with van der Waals surface area (Å²) < 4.78 is 1.88. The van der Waals surface area contributed by atoms with E-state index < -0.39 is 0 Å². The second-order valence-corrected chi connectivity index (χ2v) is 7.07. The Balaban J connectivity index is 1.58. The van der Waals surface area contributed by atoms with Crippen LogP contribution in [-0.2, 0) is 11.3 Å². The van der Waals surface area contributed by atoms with Crippen LogP contribution in [0, 0.1) is 11.8 Å². The average Bonchev–Trinajstić information content (AvgIpc) is 3.10. The molecule has 3 aromatic rings. The fraction of sp³-hybridized carbons (Fsp3) is 0.273. The molecule has 1 unspecified atom stereocenters. The van der Waals surface area contributed by atoms with Crippen molar-refractivity contribution in [3.8, 4) is 16.9 Å². The fourth-order valence-electron chi connectivity index (χ4n) is 3.31. The van der Waals surface area contributed by atoms with Gasteiger partial charge in [-0.05, 0) is 31.1 Å². The van der Waals surface area contributed by atoms with E-state index in [1.807, 2.05) is 78.5 Å². The molecule has 1 aliphatic heterocycles. The number of nitrogens with zero attached hydrogens (tertiary/aromatic N) is 2. The van der Waals surface area contributed by atoms with Gasteiger partial charge in [-0.25, -0.2) is 4.68 Å². The summed E-state index contributed by atoms with van der Waals surface area (Å²) in [7, 11) is 0. The van der Waals surface area contributed by atoms with Crippen molar-refractivity contribution in [2.45, 2.75) is 13.5 Å². The van der Waals surface area contributed by atoms with Crippen molar-refractivity contribution in [2.24, 2.45) is 11.8 Å². The lowest BCUT2D eigenvalue weighted by Gasteiger charge is -2.31. The Labute approximate surface area is 159 Å². The zero-order valence-electron chi connectivity index (χ0n) is 15.4. The quantitative estimate of drug-likeness (QED) is 0.710. The second kappa shape index (κ2) is 7.76. The van der Waals surface area contributed by atoms with Crippen LogP contribution in [0.25, 0.3) is 16.9 Å². The van der Waals surface area contributed by atoms with Crippen LogP contribution in [-0.4, -0.2) is 28.8 Å². The standard InChI is InChI=1S/C22H24N4O/c1-16(18-12-23-13-18)22(27)24-14-19-15-26(20-10-6-3-7-11-20)25-21(19)17-8-4-2-5-9-17/h2-11,15-16,18,23H,12-14H2,1H3,(H,24,27). The Hall–Kier alpha value is -2.92. The van der Waals surface area contributed by atoms with Crippen molar-refractivity contribution >= 4 is 5.91 Å². The van der Waals surface area contributed by atoms with E-state index in [-0.39, 0.29) is 11.8 Å². The van der Waals surface area contributed by atoms with Gasteiger partial charge in [0.25, 0.3) is 0 Å². The maximum absolute atomic E-state index is 12.5. The molecule has 1 aromatic heterocycles. The highest BCUT2D eigenvalue weighted by molar-refractivity contribution is 5.79. The van der Waals surface area contributed by atoms with Gasteiger partial charge in [0.05, 0.1) is 11.4 Å². The van der Waals surface area contributed by atoms with E-state index in [1.165, 1.54) is 0 Å². The molecule has 2 aromatic carbocycles. The molecule has 0 bridgehead atoms. The largest absolute Gasteiger partial charge is 0.352 e. The van der Waals surface area contributed by atoms with Crippen molar-refractivity contribution in [1.29, 1.82) is 0 Å². The molecule has 1 amide bonds. The van der Waals surface area contributed by atoms with Gasteiger partial charge in [0, 0.05) is 29.8 Å². The molecule has 1 atom stereocenters. The van der Waals surface area contributed by atoms with Crippen LogP contribution in [0.1, 0.15) is 12.5 Å². The number of nitrogens with one attached hydrogen (secondary N) is 2. The number of aromatic nitrogens is 2. The minimum Gasteiger partial charge on any atom is -0.352 e.